The lowest BCUT2D eigenvalue weighted by Crippen LogP contribution is -2.39. The lowest BCUT2D eigenvalue weighted by molar-refractivity contribution is 0.470. The van der Waals surface area contributed by atoms with Gasteiger partial charge in [-0.15, -0.1) is 41.9 Å². The first-order valence-corrected chi connectivity index (χ1v) is 9.01. The van der Waals surface area contributed by atoms with E-state index in [0.717, 1.165) is 50.6 Å². The van der Waals surface area contributed by atoms with Crippen molar-refractivity contribution >= 4 is 41.3 Å². The maximum absolute atomic E-state index is 4.71. The Hall–Kier alpha value is -0.630. The minimum Gasteiger partial charge on any atom is -0.357 e. The van der Waals surface area contributed by atoms with Gasteiger partial charge in [-0.25, -0.2) is 4.98 Å². The van der Waals surface area contributed by atoms with Crippen LogP contribution in [0.2, 0.25) is 0 Å². The van der Waals surface area contributed by atoms with Gasteiger partial charge in [0.25, 0.3) is 0 Å². The van der Waals surface area contributed by atoms with Crippen molar-refractivity contribution in [3.63, 3.8) is 0 Å². The van der Waals surface area contributed by atoms with E-state index in [1.165, 1.54) is 5.01 Å². The van der Waals surface area contributed by atoms with Crippen LogP contribution in [0.5, 0.6) is 0 Å². The molecule has 23 heavy (non-hydrogen) atoms. The van der Waals surface area contributed by atoms with Gasteiger partial charge in [0, 0.05) is 44.4 Å². The van der Waals surface area contributed by atoms with Crippen LogP contribution in [0, 0.1) is 0 Å². The summed E-state index contributed by atoms with van der Waals surface area (Å²) in [6.45, 7) is 12.9. The predicted octanol–water partition coefficient (Wildman–Crippen LogP) is 4.29. The Bertz CT molecular complexity index is 471. The summed E-state index contributed by atoms with van der Waals surface area (Å²) in [5.74, 6) is 1.49. The van der Waals surface area contributed by atoms with Crippen molar-refractivity contribution in [1.82, 2.24) is 15.2 Å². The number of thiazole rings is 1. The van der Waals surface area contributed by atoms with E-state index in [1.807, 2.05) is 6.08 Å². The van der Waals surface area contributed by atoms with Crippen LogP contribution in [0.3, 0.4) is 0 Å². The Morgan fingerprint density at radius 2 is 2.26 bits per heavy atom. The van der Waals surface area contributed by atoms with Crippen molar-refractivity contribution in [1.29, 1.82) is 0 Å². The number of aliphatic imine (C=N–C) groups is 1. The lowest BCUT2D eigenvalue weighted by atomic mass is 10.2. The van der Waals surface area contributed by atoms with E-state index in [-0.39, 0.29) is 24.0 Å². The van der Waals surface area contributed by atoms with Crippen LogP contribution in [0.1, 0.15) is 50.2 Å². The average Bonchev–Trinajstić information content (AvgIpc) is 2.95. The zero-order chi connectivity index (χ0) is 16.4. The molecule has 4 nitrogen and oxygen atoms in total. The Kier molecular flexibility index (Phi) is 12.4. The molecule has 1 heterocycles. The van der Waals surface area contributed by atoms with Gasteiger partial charge in [-0.3, -0.25) is 4.99 Å². The van der Waals surface area contributed by atoms with Crippen LogP contribution in [-0.2, 0) is 6.42 Å². The van der Waals surface area contributed by atoms with Crippen molar-refractivity contribution in [2.75, 3.05) is 26.7 Å². The molecule has 0 bridgehead atoms. The van der Waals surface area contributed by atoms with Crippen LogP contribution in [0.4, 0.5) is 0 Å². The molecule has 1 N–H and O–H groups in total. The summed E-state index contributed by atoms with van der Waals surface area (Å²) in [6.07, 6.45) is 5.01. The molecule has 0 aliphatic carbocycles. The minimum absolute atomic E-state index is 0. The van der Waals surface area contributed by atoms with E-state index < -0.39 is 0 Å². The molecule has 0 unspecified atom stereocenters. The zero-order valence-corrected chi connectivity index (χ0v) is 18.0. The fourth-order valence-electron chi connectivity index (χ4n) is 2.03. The number of rotatable bonds is 9. The highest BCUT2D eigenvalue weighted by Gasteiger charge is 2.07. The molecule has 0 aliphatic heterocycles. The smallest absolute Gasteiger partial charge is 0.193 e. The quantitative estimate of drug-likeness (QED) is 0.201. The third kappa shape index (κ3) is 8.69. The maximum Gasteiger partial charge on any atom is 0.193 e. The van der Waals surface area contributed by atoms with Gasteiger partial charge in [-0.05, 0) is 19.8 Å². The van der Waals surface area contributed by atoms with Gasteiger partial charge >= 0.3 is 0 Å². The van der Waals surface area contributed by atoms with Gasteiger partial charge in [0.15, 0.2) is 5.96 Å². The molecule has 0 radical (unpaired) electrons. The number of unbranched alkanes of at least 4 members (excludes halogenated alkanes) is 1. The monoisotopic (exact) mass is 450 g/mol. The standard InChI is InChI=1S/C17H30N4S.HI/c1-6-8-9-12-21(5)17(18-7-2)19-11-10-15-13-22-16(20-15)14(3)4;/h6,13-14H,1,7-12H2,2-5H3,(H,18,19);1H. The highest BCUT2D eigenvalue weighted by molar-refractivity contribution is 14.0. The first-order valence-electron chi connectivity index (χ1n) is 8.13. The van der Waals surface area contributed by atoms with E-state index >= 15 is 0 Å². The van der Waals surface area contributed by atoms with Crippen LogP contribution < -0.4 is 5.32 Å². The lowest BCUT2D eigenvalue weighted by Gasteiger charge is -2.21. The Labute approximate surface area is 162 Å². The maximum atomic E-state index is 4.71. The molecule has 1 aromatic rings. The van der Waals surface area contributed by atoms with E-state index in [9.17, 15) is 0 Å². The second-order valence-electron chi connectivity index (χ2n) is 5.67. The van der Waals surface area contributed by atoms with Gasteiger partial charge in [0.2, 0.25) is 0 Å². The minimum atomic E-state index is 0. The van der Waals surface area contributed by atoms with Crippen molar-refractivity contribution < 1.29 is 0 Å². The Morgan fingerprint density at radius 3 is 2.83 bits per heavy atom. The molecule has 0 atom stereocenters. The summed E-state index contributed by atoms with van der Waals surface area (Å²) >= 11 is 1.75. The van der Waals surface area contributed by atoms with Crippen LogP contribution in [0.15, 0.2) is 23.0 Å². The summed E-state index contributed by atoms with van der Waals surface area (Å²) in [5.41, 5.74) is 1.16. The van der Waals surface area contributed by atoms with Crippen LogP contribution >= 0.6 is 35.3 Å². The fourth-order valence-corrected chi connectivity index (χ4v) is 2.90. The third-order valence-corrected chi connectivity index (χ3v) is 4.49. The van der Waals surface area contributed by atoms with Gasteiger partial charge in [0.1, 0.15) is 0 Å². The van der Waals surface area contributed by atoms with E-state index in [2.05, 4.69) is 55.0 Å². The molecule has 0 amide bonds. The molecule has 132 valence electrons. The molecule has 1 aromatic heterocycles. The highest BCUT2D eigenvalue weighted by Crippen LogP contribution is 2.19. The summed E-state index contributed by atoms with van der Waals surface area (Å²) in [6, 6.07) is 0. The number of aromatic nitrogens is 1. The van der Waals surface area contributed by atoms with E-state index in [0.29, 0.717) is 5.92 Å². The van der Waals surface area contributed by atoms with Crippen molar-refractivity contribution in [3.05, 3.63) is 28.7 Å². The predicted molar refractivity (Wildman–Crippen MR) is 113 cm³/mol. The Balaban J connectivity index is 0.00000484. The van der Waals surface area contributed by atoms with E-state index in [1.54, 1.807) is 11.3 Å². The molecule has 0 aliphatic rings. The van der Waals surface area contributed by atoms with Gasteiger partial charge in [-0.2, -0.15) is 0 Å². The van der Waals surface area contributed by atoms with Crippen LogP contribution in [0.25, 0.3) is 0 Å². The van der Waals surface area contributed by atoms with Crippen molar-refractivity contribution in [3.8, 4) is 0 Å². The van der Waals surface area contributed by atoms with E-state index in [4.69, 9.17) is 4.99 Å². The average molecular weight is 450 g/mol. The molecule has 0 saturated carbocycles. The molecule has 6 heteroatoms. The number of guanidine groups is 1. The third-order valence-electron chi connectivity index (χ3n) is 3.29. The second-order valence-corrected chi connectivity index (χ2v) is 6.56. The first kappa shape index (κ1) is 22.4. The van der Waals surface area contributed by atoms with Crippen LogP contribution in [-0.4, -0.2) is 42.5 Å². The largest absolute Gasteiger partial charge is 0.357 e. The SMILES string of the molecule is C=CCCCN(C)C(=NCCc1csc(C(C)C)n1)NCC.I. The fraction of sp³-hybridized carbons (Fsp3) is 0.647. The Morgan fingerprint density at radius 1 is 1.52 bits per heavy atom. The molecule has 0 fully saturated rings. The molecular weight excluding hydrogens is 419 g/mol. The summed E-state index contributed by atoms with van der Waals surface area (Å²) in [7, 11) is 2.09. The van der Waals surface area contributed by atoms with Crippen molar-refractivity contribution in [2.45, 2.75) is 46.0 Å². The van der Waals surface area contributed by atoms with Gasteiger partial charge in [0.05, 0.1) is 10.7 Å². The molecule has 1 rings (SSSR count). The molecular formula is C17H31IN4S. The number of nitrogens with one attached hydrogen (secondary N) is 1. The number of hydrogen-bond acceptors (Lipinski definition) is 3. The molecule has 0 aromatic carbocycles. The number of hydrogen-bond donors (Lipinski definition) is 1. The molecule has 0 spiro atoms. The number of allylic oxidation sites excluding steroid dienone is 1. The summed E-state index contributed by atoms with van der Waals surface area (Å²) in [4.78, 5) is 11.6. The normalized spacial score (nSPS) is 11.3. The van der Waals surface area contributed by atoms with Gasteiger partial charge < -0.3 is 10.2 Å². The summed E-state index contributed by atoms with van der Waals surface area (Å²) < 4.78 is 0. The zero-order valence-electron chi connectivity index (χ0n) is 14.8. The first-order chi connectivity index (χ1) is 10.6. The summed E-state index contributed by atoms with van der Waals surface area (Å²) in [5, 5.41) is 6.72. The highest BCUT2D eigenvalue weighted by atomic mass is 127. The van der Waals surface area contributed by atoms with Crippen molar-refractivity contribution in [2.24, 2.45) is 4.99 Å². The number of nitrogens with zero attached hydrogens (tertiary/aromatic N) is 3. The van der Waals surface area contributed by atoms with Gasteiger partial charge in [-0.1, -0.05) is 19.9 Å². The molecule has 0 saturated heterocycles. The second kappa shape index (κ2) is 12.8. The topological polar surface area (TPSA) is 40.5 Å². The number of halogens is 1.